The molecule has 0 unspecified atom stereocenters. The van der Waals surface area contributed by atoms with Gasteiger partial charge >= 0.3 is 0 Å². The van der Waals surface area contributed by atoms with E-state index in [0.717, 1.165) is 17.9 Å². The second kappa shape index (κ2) is 5.10. The molecule has 1 aromatic carbocycles. The Kier molecular flexibility index (Phi) is 4.07. The molecule has 0 fully saturated rings. The van der Waals surface area contributed by atoms with E-state index in [1.165, 1.54) is 17.8 Å². The van der Waals surface area contributed by atoms with E-state index in [1.54, 1.807) is 0 Å². The molecule has 0 spiro atoms. The van der Waals surface area contributed by atoms with Gasteiger partial charge in [0.2, 0.25) is 0 Å². The van der Waals surface area contributed by atoms with Crippen molar-refractivity contribution in [1.82, 2.24) is 0 Å². The topological polar surface area (TPSA) is 17.1 Å². The first-order chi connectivity index (χ1) is 6.66. The lowest BCUT2D eigenvalue weighted by Crippen LogP contribution is -2.08. The number of Topliss-reactive ketones (excluding diaryl/α,β-unsaturated/α-hetero) is 1. The maximum Gasteiger partial charge on any atom is 0.178 e. The number of ketones is 1. The third-order valence-corrected chi connectivity index (χ3v) is 2.55. The molecule has 4 heteroatoms. The lowest BCUT2D eigenvalue weighted by molar-refractivity contribution is 0.101. The van der Waals surface area contributed by atoms with Gasteiger partial charge in [-0.2, -0.15) is 11.8 Å². The van der Waals surface area contributed by atoms with E-state index in [0.29, 0.717) is 0 Å². The predicted molar refractivity (Wildman–Crippen MR) is 53.7 cm³/mol. The van der Waals surface area contributed by atoms with Crippen molar-refractivity contribution in [3.63, 3.8) is 0 Å². The fourth-order valence-corrected chi connectivity index (χ4v) is 1.56. The summed E-state index contributed by atoms with van der Waals surface area (Å²) in [5.74, 6) is -1.19. The number of hydrogen-bond donors (Lipinski definition) is 0. The van der Waals surface area contributed by atoms with Gasteiger partial charge in [-0.05, 0) is 17.9 Å². The van der Waals surface area contributed by atoms with Crippen LogP contribution >= 0.6 is 11.8 Å². The molecule has 0 bridgehead atoms. The Balaban J connectivity index is 2.89. The van der Waals surface area contributed by atoms with Crippen molar-refractivity contribution in [1.29, 1.82) is 0 Å². The van der Waals surface area contributed by atoms with Crippen molar-refractivity contribution in [2.24, 2.45) is 0 Å². The molecule has 0 aliphatic heterocycles. The summed E-state index contributed by atoms with van der Waals surface area (Å²) in [4.78, 5) is 11.3. The standard InChI is InChI=1S/C10H10F2OS/c1-2-14-6-9(13)10-7(11)4-3-5-8(10)12/h3-5H,2,6H2,1H3. The Morgan fingerprint density at radius 1 is 1.36 bits per heavy atom. The summed E-state index contributed by atoms with van der Waals surface area (Å²) in [6.07, 6.45) is 0. The number of carbonyl (C=O) groups is 1. The highest BCUT2D eigenvalue weighted by atomic mass is 32.2. The van der Waals surface area contributed by atoms with Gasteiger partial charge in [0.1, 0.15) is 11.6 Å². The lowest BCUT2D eigenvalue weighted by atomic mass is 10.1. The highest BCUT2D eigenvalue weighted by Crippen LogP contribution is 2.15. The molecule has 0 heterocycles. The average Bonchev–Trinajstić information content (AvgIpc) is 2.14. The molecule has 0 radical (unpaired) electrons. The fourth-order valence-electron chi connectivity index (χ4n) is 1.03. The number of rotatable bonds is 4. The van der Waals surface area contributed by atoms with Crippen LogP contribution in [0.25, 0.3) is 0 Å². The Bertz CT molecular complexity index is 319. The SMILES string of the molecule is CCSCC(=O)c1c(F)cccc1F. The minimum atomic E-state index is -0.785. The molecule has 1 rings (SSSR count). The lowest BCUT2D eigenvalue weighted by Gasteiger charge is -2.02. The highest BCUT2D eigenvalue weighted by molar-refractivity contribution is 7.99. The summed E-state index contributed by atoms with van der Waals surface area (Å²) in [5, 5.41) is 0. The van der Waals surface area contributed by atoms with E-state index in [1.807, 2.05) is 6.92 Å². The molecule has 0 N–H and O–H groups in total. The van der Waals surface area contributed by atoms with Crippen molar-refractivity contribution in [2.75, 3.05) is 11.5 Å². The van der Waals surface area contributed by atoms with E-state index < -0.39 is 23.0 Å². The number of thioether (sulfide) groups is 1. The van der Waals surface area contributed by atoms with E-state index in [-0.39, 0.29) is 5.75 Å². The zero-order chi connectivity index (χ0) is 10.6. The molecule has 76 valence electrons. The summed E-state index contributed by atoms with van der Waals surface area (Å²) >= 11 is 1.35. The molecular weight excluding hydrogens is 206 g/mol. The molecule has 0 amide bonds. The van der Waals surface area contributed by atoms with Crippen molar-refractivity contribution in [2.45, 2.75) is 6.92 Å². The van der Waals surface area contributed by atoms with Crippen LogP contribution in [0, 0.1) is 11.6 Å². The van der Waals surface area contributed by atoms with Crippen LogP contribution in [0.3, 0.4) is 0 Å². The number of carbonyl (C=O) groups excluding carboxylic acids is 1. The minimum absolute atomic E-state index is 0.119. The number of benzene rings is 1. The van der Waals surface area contributed by atoms with Gasteiger partial charge in [-0.3, -0.25) is 4.79 Å². The molecule has 1 nitrogen and oxygen atoms in total. The first-order valence-electron chi connectivity index (χ1n) is 4.21. The van der Waals surface area contributed by atoms with E-state index in [9.17, 15) is 13.6 Å². The zero-order valence-corrected chi connectivity index (χ0v) is 8.54. The van der Waals surface area contributed by atoms with Crippen LogP contribution in [-0.2, 0) is 0 Å². The molecule has 14 heavy (non-hydrogen) atoms. The third-order valence-electron chi connectivity index (χ3n) is 1.68. The third kappa shape index (κ3) is 2.54. The predicted octanol–water partition coefficient (Wildman–Crippen LogP) is 2.90. The molecule has 1 aromatic rings. The van der Waals surface area contributed by atoms with Crippen molar-refractivity contribution >= 4 is 17.5 Å². The van der Waals surface area contributed by atoms with Gasteiger partial charge in [-0.25, -0.2) is 8.78 Å². The first kappa shape index (κ1) is 11.2. The Hall–Kier alpha value is -0.900. The zero-order valence-electron chi connectivity index (χ0n) is 7.72. The molecule has 0 atom stereocenters. The Morgan fingerprint density at radius 2 is 1.93 bits per heavy atom. The Labute approximate surface area is 85.5 Å². The van der Waals surface area contributed by atoms with Crippen molar-refractivity contribution in [3.05, 3.63) is 35.4 Å². The molecule has 0 aliphatic rings. The first-order valence-corrected chi connectivity index (χ1v) is 5.37. The fraction of sp³-hybridized carbons (Fsp3) is 0.300. The quantitative estimate of drug-likeness (QED) is 0.720. The van der Waals surface area contributed by atoms with E-state index in [2.05, 4.69) is 0 Å². The summed E-state index contributed by atoms with van der Waals surface area (Å²) in [7, 11) is 0. The number of hydrogen-bond acceptors (Lipinski definition) is 2. The van der Waals surface area contributed by atoms with Gasteiger partial charge < -0.3 is 0 Å². The molecular formula is C10H10F2OS. The Morgan fingerprint density at radius 3 is 2.43 bits per heavy atom. The van der Waals surface area contributed by atoms with Crippen LogP contribution in [0.5, 0.6) is 0 Å². The second-order valence-corrected chi connectivity index (χ2v) is 3.93. The van der Waals surface area contributed by atoms with Crippen LogP contribution in [0.2, 0.25) is 0 Å². The smallest absolute Gasteiger partial charge is 0.178 e. The summed E-state index contributed by atoms with van der Waals surface area (Å²) in [6, 6.07) is 3.42. The van der Waals surface area contributed by atoms with Crippen LogP contribution in [-0.4, -0.2) is 17.3 Å². The normalized spacial score (nSPS) is 10.2. The van der Waals surface area contributed by atoms with E-state index >= 15 is 0 Å². The second-order valence-electron chi connectivity index (χ2n) is 2.66. The van der Waals surface area contributed by atoms with Gasteiger partial charge in [-0.15, -0.1) is 0 Å². The van der Waals surface area contributed by atoms with Crippen LogP contribution in [0.1, 0.15) is 17.3 Å². The van der Waals surface area contributed by atoms with Crippen molar-refractivity contribution < 1.29 is 13.6 Å². The maximum atomic E-state index is 13.1. The van der Waals surface area contributed by atoms with Gasteiger partial charge in [0.05, 0.1) is 11.3 Å². The van der Waals surface area contributed by atoms with Crippen LogP contribution in [0.15, 0.2) is 18.2 Å². The van der Waals surface area contributed by atoms with Crippen LogP contribution in [0.4, 0.5) is 8.78 Å². The largest absolute Gasteiger partial charge is 0.293 e. The maximum absolute atomic E-state index is 13.1. The van der Waals surface area contributed by atoms with Gasteiger partial charge in [0.25, 0.3) is 0 Å². The monoisotopic (exact) mass is 216 g/mol. The highest BCUT2D eigenvalue weighted by Gasteiger charge is 2.15. The van der Waals surface area contributed by atoms with Crippen molar-refractivity contribution in [3.8, 4) is 0 Å². The number of halogens is 2. The van der Waals surface area contributed by atoms with Gasteiger partial charge in [-0.1, -0.05) is 13.0 Å². The average molecular weight is 216 g/mol. The van der Waals surface area contributed by atoms with Gasteiger partial charge in [0, 0.05) is 0 Å². The van der Waals surface area contributed by atoms with Crippen LogP contribution < -0.4 is 0 Å². The summed E-state index contributed by atoms with van der Waals surface area (Å²) < 4.78 is 26.1. The summed E-state index contributed by atoms with van der Waals surface area (Å²) in [6.45, 7) is 1.88. The minimum Gasteiger partial charge on any atom is -0.293 e. The molecule has 0 aromatic heterocycles. The van der Waals surface area contributed by atoms with E-state index in [4.69, 9.17) is 0 Å². The van der Waals surface area contributed by atoms with Gasteiger partial charge in [0.15, 0.2) is 5.78 Å². The molecule has 0 aliphatic carbocycles. The molecule has 0 saturated carbocycles. The summed E-state index contributed by atoms with van der Waals surface area (Å²) in [5.41, 5.74) is -0.423. The molecule has 0 saturated heterocycles.